The molecule has 0 heterocycles. The van der Waals surface area contributed by atoms with Crippen LogP contribution < -0.4 is 0 Å². The molecule has 0 amide bonds. The number of thioether (sulfide) groups is 1. The Morgan fingerprint density at radius 3 is 2.77 bits per heavy atom. The highest BCUT2D eigenvalue weighted by atomic mass is 32.2. The van der Waals surface area contributed by atoms with Crippen LogP contribution in [0, 0.1) is 5.92 Å². The van der Waals surface area contributed by atoms with E-state index < -0.39 is 0 Å². The predicted molar refractivity (Wildman–Crippen MR) is 62.2 cm³/mol. The van der Waals surface area contributed by atoms with Crippen molar-refractivity contribution in [2.75, 3.05) is 18.1 Å². The molecule has 0 saturated carbocycles. The Bertz CT molecular complexity index is 115. The van der Waals surface area contributed by atoms with Gasteiger partial charge in [0, 0.05) is 6.61 Å². The van der Waals surface area contributed by atoms with Crippen LogP contribution in [-0.4, -0.2) is 23.2 Å². The molecule has 0 aliphatic carbocycles. The molecule has 2 heteroatoms. The molecule has 0 aliphatic heterocycles. The van der Waals surface area contributed by atoms with E-state index in [9.17, 15) is 0 Å². The van der Waals surface area contributed by atoms with Crippen LogP contribution >= 0.6 is 11.8 Å². The van der Waals surface area contributed by atoms with E-state index in [1.807, 2.05) is 17.8 Å². The smallest absolute Gasteiger partial charge is 0.0464 e. The summed E-state index contributed by atoms with van der Waals surface area (Å²) >= 11 is 1.96. The first-order chi connectivity index (χ1) is 6.31. The fraction of sp³-hybridized carbons (Fsp3) is 0.818. The molecule has 1 N–H and O–H groups in total. The molecular weight excluding hydrogens is 180 g/mol. The molecule has 13 heavy (non-hydrogen) atoms. The molecule has 0 spiro atoms. The van der Waals surface area contributed by atoms with Gasteiger partial charge in [0.05, 0.1) is 0 Å². The number of allylic oxidation sites excluding steroid dienone is 1. The highest BCUT2D eigenvalue weighted by Crippen LogP contribution is 2.11. The van der Waals surface area contributed by atoms with Gasteiger partial charge in [-0.1, -0.05) is 19.4 Å². The summed E-state index contributed by atoms with van der Waals surface area (Å²) in [5.41, 5.74) is 0. The van der Waals surface area contributed by atoms with E-state index in [2.05, 4.69) is 13.5 Å². The van der Waals surface area contributed by atoms with Crippen LogP contribution in [0.15, 0.2) is 12.7 Å². The van der Waals surface area contributed by atoms with Crippen molar-refractivity contribution in [2.24, 2.45) is 5.92 Å². The van der Waals surface area contributed by atoms with Crippen LogP contribution in [-0.2, 0) is 0 Å². The maximum Gasteiger partial charge on any atom is 0.0464 e. The molecule has 0 aliphatic rings. The number of aliphatic hydroxyl groups excluding tert-OH is 1. The molecule has 0 fully saturated rings. The molecular formula is C11H22OS. The number of unbranched alkanes of at least 4 members (excludes halogenated alkanes) is 3. The standard InChI is InChI=1S/C11H22OS/c1-3-4-5-6-7-8-13-10-11(2)9-12/h3,11-12H,1,4-10H2,2H3. The fourth-order valence-corrected chi connectivity index (χ4v) is 2.09. The maximum atomic E-state index is 8.78. The van der Waals surface area contributed by atoms with Crippen LogP contribution in [0.3, 0.4) is 0 Å². The summed E-state index contributed by atoms with van der Waals surface area (Å²) in [5, 5.41) is 8.78. The quantitative estimate of drug-likeness (QED) is 0.458. The highest BCUT2D eigenvalue weighted by molar-refractivity contribution is 7.99. The third-order valence-electron chi connectivity index (χ3n) is 1.91. The van der Waals surface area contributed by atoms with Gasteiger partial charge in [0.1, 0.15) is 0 Å². The summed E-state index contributed by atoms with van der Waals surface area (Å²) in [5.74, 6) is 2.79. The summed E-state index contributed by atoms with van der Waals surface area (Å²) in [7, 11) is 0. The Hall–Kier alpha value is 0.0500. The molecule has 78 valence electrons. The van der Waals surface area contributed by atoms with Gasteiger partial charge >= 0.3 is 0 Å². The van der Waals surface area contributed by atoms with Crippen LogP contribution in [0.1, 0.15) is 32.6 Å². The first kappa shape index (κ1) is 13.1. The number of aliphatic hydroxyl groups is 1. The summed E-state index contributed by atoms with van der Waals surface area (Å²) in [6, 6.07) is 0. The monoisotopic (exact) mass is 202 g/mol. The number of hydrogen-bond donors (Lipinski definition) is 1. The summed E-state index contributed by atoms with van der Waals surface area (Å²) in [6.45, 7) is 6.11. The lowest BCUT2D eigenvalue weighted by atomic mass is 10.2. The maximum absolute atomic E-state index is 8.78. The Kier molecular flexibility index (Phi) is 10.2. The lowest BCUT2D eigenvalue weighted by Crippen LogP contribution is -2.03. The topological polar surface area (TPSA) is 20.2 Å². The van der Waals surface area contributed by atoms with E-state index in [4.69, 9.17) is 5.11 Å². The lowest BCUT2D eigenvalue weighted by molar-refractivity contribution is 0.250. The molecule has 0 radical (unpaired) electrons. The fourth-order valence-electron chi connectivity index (χ4n) is 1.01. The largest absolute Gasteiger partial charge is 0.396 e. The molecule has 0 saturated heterocycles. The van der Waals surface area contributed by atoms with Gasteiger partial charge in [-0.15, -0.1) is 6.58 Å². The molecule has 1 unspecified atom stereocenters. The second-order valence-electron chi connectivity index (χ2n) is 3.50. The van der Waals surface area contributed by atoms with Crippen LogP contribution in [0.25, 0.3) is 0 Å². The average molecular weight is 202 g/mol. The van der Waals surface area contributed by atoms with Crippen molar-refractivity contribution < 1.29 is 5.11 Å². The zero-order valence-corrected chi connectivity index (χ0v) is 9.48. The Morgan fingerprint density at radius 1 is 1.38 bits per heavy atom. The van der Waals surface area contributed by atoms with Gasteiger partial charge in [0.15, 0.2) is 0 Å². The minimum Gasteiger partial charge on any atom is -0.396 e. The molecule has 0 aromatic rings. The van der Waals surface area contributed by atoms with Gasteiger partial charge in [-0.25, -0.2) is 0 Å². The third-order valence-corrected chi connectivity index (χ3v) is 3.29. The molecule has 1 atom stereocenters. The Morgan fingerprint density at radius 2 is 2.15 bits per heavy atom. The Balaban J connectivity index is 2.95. The molecule has 0 aromatic heterocycles. The van der Waals surface area contributed by atoms with Gasteiger partial charge < -0.3 is 5.11 Å². The zero-order valence-electron chi connectivity index (χ0n) is 8.67. The normalized spacial score (nSPS) is 12.8. The summed E-state index contributed by atoms with van der Waals surface area (Å²) in [6.07, 6.45) is 7.03. The number of rotatable bonds is 9. The van der Waals surface area contributed by atoms with Gasteiger partial charge in [-0.2, -0.15) is 11.8 Å². The van der Waals surface area contributed by atoms with Crippen molar-refractivity contribution in [2.45, 2.75) is 32.6 Å². The van der Waals surface area contributed by atoms with Gasteiger partial charge in [-0.05, 0) is 36.7 Å². The van der Waals surface area contributed by atoms with Crippen LogP contribution in [0.2, 0.25) is 0 Å². The lowest BCUT2D eigenvalue weighted by Gasteiger charge is -2.06. The predicted octanol–water partition coefficient (Wildman–Crippen LogP) is 3.09. The first-order valence-electron chi connectivity index (χ1n) is 5.10. The molecule has 1 nitrogen and oxygen atoms in total. The summed E-state index contributed by atoms with van der Waals surface area (Å²) in [4.78, 5) is 0. The SMILES string of the molecule is C=CCCCCCSCC(C)CO. The van der Waals surface area contributed by atoms with Crippen molar-refractivity contribution in [3.8, 4) is 0 Å². The van der Waals surface area contributed by atoms with Gasteiger partial charge in [0.2, 0.25) is 0 Å². The second kappa shape index (κ2) is 10.1. The minimum atomic E-state index is 0.323. The van der Waals surface area contributed by atoms with Crippen molar-refractivity contribution in [1.29, 1.82) is 0 Å². The van der Waals surface area contributed by atoms with Crippen molar-refractivity contribution >= 4 is 11.8 Å². The van der Waals surface area contributed by atoms with E-state index in [-0.39, 0.29) is 0 Å². The number of hydrogen-bond acceptors (Lipinski definition) is 2. The van der Waals surface area contributed by atoms with E-state index in [0.717, 1.165) is 12.2 Å². The van der Waals surface area contributed by atoms with E-state index in [1.54, 1.807) is 0 Å². The minimum absolute atomic E-state index is 0.323. The van der Waals surface area contributed by atoms with Crippen molar-refractivity contribution in [1.82, 2.24) is 0 Å². The first-order valence-corrected chi connectivity index (χ1v) is 6.26. The van der Waals surface area contributed by atoms with Crippen molar-refractivity contribution in [3.63, 3.8) is 0 Å². The molecule has 0 aromatic carbocycles. The Labute approximate surface area is 86.6 Å². The van der Waals surface area contributed by atoms with Crippen LogP contribution in [0.4, 0.5) is 0 Å². The zero-order chi connectivity index (χ0) is 9.94. The molecule has 0 bridgehead atoms. The second-order valence-corrected chi connectivity index (χ2v) is 4.65. The third kappa shape index (κ3) is 9.97. The van der Waals surface area contributed by atoms with Crippen LogP contribution in [0.5, 0.6) is 0 Å². The van der Waals surface area contributed by atoms with E-state index >= 15 is 0 Å². The van der Waals surface area contributed by atoms with E-state index in [1.165, 1.54) is 25.0 Å². The van der Waals surface area contributed by atoms with E-state index in [0.29, 0.717) is 12.5 Å². The highest BCUT2D eigenvalue weighted by Gasteiger charge is 1.98. The average Bonchev–Trinajstić information content (AvgIpc) is 2.16. The van der Waals surface area contributed by atoms with Gasteiger partial charge in [-0.3, -0.25) is 0 Å². The van der Waals surface area contributed by atoms with Crippen molar-refractivity contribution in [3.05, 3.63) is 12.7 Å². The molecule has 0 rings (SSSR count). The van der Waals surface area contributed by atoms with Gasteiger partial charge in [0.25, 0.3) is 0 Å². The summed E-state index contributed by atoms with van der Waals surface area (Å²) < 4.78 is 0.